The molecule has 0 amide bonds. The normalized spacial score (nSPS) is 11.0. The van der Waals surface area contributed by atoms with Crippen molar-refractivity contribution in [2.45, 2.75) is 20.0 Å². The van der Waals surface area contributed by atoms with Crippen molar-refractivity contribution in [3.8, 4) is 5.75 Å². The van der Waals surface area contributed by atoms with Crippen molar-refractivity contribution in [2.24, 2.45) is 0 Å². The van der Waals surface area contributed by atoms with Gasteiger partial charge >= 0.3 is 0 Å². The number of aryl methyl sites for hydroxylation is 1. The standard InChI is InChI=1S/C18H16N4OS/c1-13-6-5-9-15(10-13)23-12-17-21-22-16(19-20-18(22)24-17)11-14-7-3-2-4-8-14/h2-10H,11-12H2,1H3. The Morgan fingerprint density at radius 2 is 1.92 bits per heavy atom. The van der Waals surface area contributed by atoms with Crippen LogP contribution in [0.15, 0.2) is 54.6 Å². The van der Waals surface area contributed by atoms with Crippen molar-refractivity contribution >= 4 is 16.3 Å². The van der Waals surface area contributed by atoms with Crippen LogP contribution in [0.25, 0.3) is 4.96 Å². The number of nitrogens with zero attached hydrogens (tertiary/aromatic N) is 4. The molecule has 24 heavy (non-hydrogen) atoms. The predicted molar refractivity (Wildman–Crippen MR) is 93.4 cm³/mol. The maximum atomic E-state index is 5.82. The minimum Gasteiger partial charge on any atom is -0.486 e. The summed E-state index contributed by atoms with van der Waals surface area (Å²) in [6.45, 7) is 2.48. The molecular formula is C18H16N4OS. The van der Waals surface area contributed by atoms with Gasteiger partial charge in [0, 0.05) is 6.42 Å². The molecule has 0 spiro atoms. The highest BCUT2D eigenvalue weighted by Gasteiger charge is 2.12. The Kier molecular flexibility index (Phi) is 3.96. The first kappa shape index (κ1) is 14.8. The van der Waals surface area contributed by atoms with Crippen molar-refractivity contribution in [2.75, 3.05) is 0 Å². The highest BCUT2D eigenvalue weighted by atomic mass is 32.1. The lowest BCUT2D eigenvalue weighted by molar-refractivity contribution is 0.304. The summed E-state index contributed by atoms with van der Waals surface area (Å²) < 4.78 is 7.63. The van der Waals surface area contributed by atoms with Gasteiger partial charge in [-0.3, -0.25) is 0 Å². The summed E-state index contributed by atoms with van der Waals surface area (Å²) in [7, 11) is 0. The zero-order valence-corrected chi connectivity index (χ0v) is 14.0. The first-order valence-corrected chi connectivity index (χ1v) is 8.53. The molecule has 120 valence electrons. The van der Waals surface area contributed by atoms with E-state index in [2.05, 4.69) is 27.4 Å². The first-order valence-electron chi connectivity index (χ1n) is 7.71. The Morgan fingerprint density at radius 1 is 1.04 bits per heavy atom. The van der Waals surface area contributed by atoms with Crippen LogP contribution in [0.2, 0.25) is 0 Å². The van der Waals surface area contributed by atoms with Gasteiger partial charge in [-0.15, -0.1) is 10.2 Å². The minimum absolute atomic E-state index is 0.433. The Bertz CT molecular complexity index is 961. The van der Waals surface area contributed by atoms with E-state index in [9.17, 15) is 0 Å². The number of rotatable bonds is 5. The zero-order chi connectivity index (χ0) is 16.4. The number of hydrogen-bond donors (Lipinski definition) is 0. The predicted octanol–water partition coefficient (Wildman–Crippen LogP) is 3.66. The van der Waals surface area contributed by atoms with E-state index in [1.165, 1.54) is 22.5 Å². The Balaban J connectivity index is 1.51. The molecule has 2 aromatic heterocycles. The summed E-state index contributed by atoms with van der Waals surface area (Å²) in [5, 5.41) is 13.9. The summed E-state index contributed by atoms with van der Waals surface area (Å²) in [5.41, 5.74) is 2.37. The molecule has 0 saturated heterocycles. The van der Waals surface area contributed by atoms with Crippen LogP contribution < -0.4 is 4.74 Å². The highest BCUT2D eigenvalue weighted by molar-refractivity contribution is 7.16. The fraction of sp³-hybridized carbons (Fsp3) is 0.167. The van der Waals surface area contributed by atoms with Crippen LogP contribution in [-0.2, 0) is 13.0 Å². The molecule has 4 rings (SSSR count). The summed E-state index contributed by atoms with van der Waals surface area (Å²) in [5.74, 6) is 1.69. The molecule has 0 bridgehead atoms. The lowest BCUT2D eigenvalue weighted by Gasteiger charge is -2.04. The van der Waals surface area contributed by atoms with Gasteiger partial charge in [0.25, 0.3) is 0 Å². The molecule has 0 saturated carbocycles. The SMILES string of the molecule is Cc1cccc(OCc2nn3c(Cc4ccccc4)nnc3s2)c1. The van der Waals surface area contributed by atoms with Crippen molar-refractivity contribution < 1.29 is 4.74 Å². The third kappa shape index (κ3) is 3.14. The van der Waals surface area contributed by atoms with Gasteiger partial charge < -0.3 is 4.74 Å². The molecule has 2 heterocycles. The van der Waals surface area contributed by atoms with Crippen LogP contribution in [0.5, 0.6) is 5.75 Å². The number of hydrogen-bond acceptors (Lipinski definition) is 5. The molecule has 0 aliphatic heterocycles. The second-order valence-corrected chi connectivity index (χ2v) is 6.61. The summed E-state index contributed by atoms with van der Waals surface area (Å²) in [6, 6.07) is 18.2. The van der Waals surface area contributed by atoms with Crippen LogP contribution in [0.1, 0.15) is 22.0 Å². The van der Waals surface area contributed by atoms with Crippen molar-refractivity contribution in [3.05, 3.63) is 76.6 Å². The molecule has 2 aromatic carbocycles. The van der Waals surface area contributed by atoms with Gasteiger partial charge in [0.1, 0.15) is 12.4 Å². The van der Waals surface area contributed by atoms with Gasteiger partial charge in [-0.1, -0.05) is 53.8 Å². The van der Waals surface area contributed by atoms with Crippen molar-refractivity contribution in [1.29, 1.82) is 0 Å². The van der Waals surface area contributed by atoms with E-state index in [0.29, 0.717) is 13.0 Å². The smallest absolute Gasteiger partial charge is 0.234 e. The largest absolute Gasteiger partial charge is 0.486 e. The fourth-order valence-corrected chi connectivity index (χ4v) is 3.26. The molecule has 6 heteroatoms. The van der Waals surface area contributed by atoms with Gasteiger partial charge in [-0.2, -0.15) is 9.61 Å². The first-order chi connectivity index (χ1) is 11.8. The molecule has 0 atom stereocenters. The maximum absolute atomic E-state index is 5.82. The van der Waals surface area contributed by atoms with E-state index in [-0.39, 0.29) is 0 Å². The average molecular weight is 336 g/mol. The zero-order valence-electron chi connectivity index (χ0n) is 13.2. The number of fused-ring (bicyclic) bond motifs is 1. The molecular weight excluding hydrogens is 320 g/mol. The number of aromatic nitrogens is 4. The molecule has 0 aliphatic rings. The van der Waals surface area contributed by atoms with Crippen LogP contribution in [0.3, 0.4) is 0 Å². The second kappa shape index (κ2) is 6.41. The third-order valence-corrected chi connectivity index (χ3v) is 4.53. The molecule has 0 aliphatic carbocycles. The van der Waals surface area contributed by atoms with Crippen LogP contribution in [-0.4, -0.2) is 19.8 Å². The number of ether oxygens (including phenoxy) is 1. The maximum Gasteiger partial charge on any atom is 0.234 e. The Morgan fingerprint density at radius 3 is 2.75 bits per heavy atom. The van der Waals surface area contributed by atoms with Crippen LogP contribution in [0.4, 0.5) is 0 Å². The van der Waals surface area contributed by atoms with E-state index < -0.39 is 0 Å². The summed E-state index contributed by atoms with van der Waals surface area (Å²) in [4.78, 5) is 0.795. The van der Waals surface area contributed by atoms with Gasteiger partial charge in [-0.05, 0) is 30.2 Å². The quantitative estimate of drug-likeness (QED) is 0.558. The molecule has 0 N–H and O–H groups in total. The second-order valence-electron chi connectivity index (χ2n) is 5.57. The van der Waals surface area contributed by atoms with Gasteiger partial charge in [0.15, 0.2) is 10.8 Å². The Hall–Kier alpha value is -2.73. The molecule has 0 unspecified atom stereocenters. The van der Waals surface area contributed by atoms with Gasteiger partial charge in [0.2, 0.25) is 4.96 Å². The highest BCUT2D eigenvalue weighted by Crippen LogP contribution is 2.19. The Labute approximate surface area is 143 Å². The summed E-state index contributed by atoms with van der Waals surface area (Å²) in [6.07, 6.45) is 0.712. The lowest BCUT2D eigenvalue weighted by Crippen LogP contribution is -2.00. The summed E-state index contributed by atoms with van der Waals surface area (Å²) >= 11 is 1.51. The molecule has 5 nitrogen and oxygen atoms in total. The fourth-order valence-electron chi connectivity index (χ4n) is 2.49. The molecule has 0 fully saturated rings. The monoisotopic (exact) mass is 336 g/mol. The van der Waals surface area contributed by atoms with E-state index >= 15 is 0 Å². The van der Waals surface area contributed by atoms with Gasteiger partial charge in [0.05, 0.1) is 0 Å². The molecule has 4 aromatic rings. The van der Waals surface area contributed by atoms with Crippen molar-refractivity contribution in [3.63, 3.8) is 0 Å². The average Bonchev–Trinajstić information content (AvgIpc) is 3.16. The van der Waals surface area contributed by atoms with Crippen LogP contribution >= 0.6 is 11.3 Å². The van der Waals surface area contributed by atoms with Crippen LogP contribution in [0, 0.1) is 6.92 Å². The van der Waals surface area contributed by atoms with E-state index in [1.807, 2.05) is 53.9 Å². The van der Waals surface area contributed by atoms with E-state index in [4.69, 9.17) is 4.74 Å². The topological polar surface area (TPSA) is 52.3 Å². The van der Waals surface area contributed by atoms with Crippen molar-refractivity contribution in [1.82, 2.24) is 19.8 Å². The van der Waals surface area contributed by atoms with E-state index in [0.717, 1.165) is 21.5 Å². The minimum atomic E-state index is 0.433. The number of benzene rings is 2. The third-order valence-electron chi connectivity index (χ3n) is 3.65. The van der Waals surface area contributed by atoms with E-state index in [1.54, 1.807) is 0 Å². The molecule has 0 radical (unpaired) electrons. The van der Waals surface area contributed by atoms with Gasteiger partial charge in [-0.25, -0.2) is 0 Å². The lowest BCUT2D eigenvalue weighted by atomic mass is 10.1.